The highest BCUT2D eigenvalue weighted by molar-refractivity contribution is 7.80. The Hall–Kier alpha value is -0.330. The third-order valence-corrected chi connectivity index (χ3v) is 2.47. The van der Waals surface area contributed by atoms with E-state index in [2.05, 4.69) is 9.07 Å². The molecule has 0 aliphatic carbocycles. The van der Waals surface area contributed by atoms with Crippen LogP contribution in [0.5, 0.6) is 0 Å². The molecule has 0 aliphatic heterocycles. The first kappa shape index (κ1) is 19.7. The Bertz CT molecular complexity index is 306. The molecule has 20 heavy (non-hydrogen) atoms. The zero-order chi connectivity index (χ0) is 15.3. The normalized spacial score (nSPS) is 13.6. The zero-order valence-corrected chi connectivity index (χ0v) is 12.2. The van der Waals surface area contributed by atoms with E-state index in [1.165, 1.54) is 0 Å². The first-order valence-corrected chi connectivity index (χ1v) is 7.55. The molecular weight excluding hydrogens is 296 g/mol. The Kier molecular flexibility index (Phi) is 12.2. The molecule has 0 radical (unpaired) electrons. The van der Waals surface area contributed by atoms with Gasteiger partial charge in [-0.15, -0.1) is 0 Å². The van der Waals surface area contributed by atoms with Crippen molar-refractivity contribution in [3.8, 4) is 0 Å². The summed E-state index contributed by atoms with van der Waals surface area (Å²) >= 11 is 0. The van der Waals surface area contributed by atoms with Crippen LogP contribution >= 0.6 is 0 Å². The largest absolute Gasteiger partial charge is 0.397 e. The van der Waals surface area contributed by atoms with Crippen LogP contribution in [0, 0.1) is 0 Å². The standard InChI is InChI=1S/C10H22O9S/c1-2-3-4-17-10(19-11)9-16-6-5-15-7-8-18-20(12,13)14/h10-11H,2-9H2,1H3,(H,12,13,14). The summed E-state index contributed by atoms with van der Waals surface area (Å²) in [6.45, 7) is 2.65. The van der Waals surface area contributed by atoms with Crippen molar-refractivity contribution in [1.29, 1.82) is 0 Å². The lowest BCUT2D eigenvalue weighted by molar-refractivity contribution is -0.354. The predicted molar refractivity (Wildman–Crippen MR) is 67.5 cm³/mol. The molecule has 0 aliphatic rings. The second-order valence-electron chi connectivity index (χ2n) is 3.70. The van der Waals surface area contributed by atoms with Crippen molar-refractivity contribution in [3.05, 3.63) is 0 Å². The van der Waals surface area contributed by atoms with Gasteiger partial charge in [0.2, 0.25) is 6.29 Å². The molecule has 1 atom stereocenters. The summed E-state index contributed by atoms with van der Waals surface area (Å²) in [6, 6.07) is 0. The maximum Gasteiger partial charge on any atom is 0.397 e. The molecule has 0 fully saturated rings. The average Bonchev–Trinajstić information content (AvgIpc) is 2.38. The molecule has 1 unspecified atom stereocenters. The van der Waals surface area contributed by atoms with E-state index in [4.69, 9.17) is 24.0 Å². The minimum Gasteiger partial charge on any atom is -0.377 e. The Labute approximate surface area is 118 Å². The minimum atomic E-state index is -4.42. The maximum atomic E-state index is 10.2. The van der Waals surface area contributed by atoms with E-state index in [0.29, 0.717) is 6.61 Å². The van der Waals surface area contributed by atoms with Crippen molar-refractivity contribution in [2.24, 2.45) is 0 Å². The number of ether oxygens (including phenoxy) is 3. The lowest BCUT2D eigenvalue weighted by Gasteiger charge is -2.14. The molecule has 0 rings (SSSR count). The van der Waals surface area contributed by atoms with Crippen LogP contribution in [0.2, 0.25) is 0 Å². The number of rotatable bonds is 14. The number of hydrogen-bond acceptors (Lipinski definition) is 8. The molecular formula is C10H22O9S. The van der Waals surface area contributed by atoms with Crippen molar-refractivity contribution in [2.45, 2.75) is 26.1 Å². The Morgan fingerprint density at radius 1 is 1.05 bits per heavy atom. The number of unbranched alkanes of at least 4 members (excludes halogenated alkanes) is 1. The van der Waals surface area contributed by atoms with Crippen LogP contribution in [0.3, 0.4) is 0 Å². The molecule has 0 aromatic heterocycles. The van der Waals surface area contributed by atoms with Crippen LogP contribution in [0.25, 0.3) is 0 Å². The van der Waals surface area contributed by atoms with Gasteiger partial charge in [0.25, 0.3) is 0 Å². The van der Waals surface area contributed by atoms with E-state index < -0.39 is 16.7 Å². The second-order valence-corrected chi connectivity index (χ2v) is 4.79. The average molecular weight is 318 g/mol. The van der Waals surface area contributed by atoms with E-state index in [-0.39, 0.29) is 33.0 Å². The fraction of sp³-hybridized carbons (Fsp3) is 1.00. The Balaban J connectivity index is 3.37. The molecule has 0 amide bonds. The molecule has 0 spiro atoms. The highest BCUT2D eigenvalue weighted by atomic mass is 32.3. The molecule has 0 aromatic rings. The van der Waals surface area contributed by atoms with Crippen molar-refractivity contribution in [3.63, 3.8) is 0 Å². The molecule has 10 heteroatoms. The first-order valence-electron chi connectivity index (χ1n) is 6.18. The van der Waals surface area contributed by atoms with Gasteiger partial charge in [0.05, 0.1) is 26.4 Å². The quantitative estimate of drug-likeness (QED) is 0.155. The van der Waals surface area contributed by atoms with Gasteiger partial charge in [-0.3, -0.25) is 4.55 Å². The fourth-order valence-corrected chi connectivity index (χ4v) is 1.34. The summed E-state index contributed by atoms with van der Waals surface area (Å²) in [7, 11) is -4.42. The van der Waals surface area contributed by atoms with Gasteiger partial charge >= 0.3 is 10.4 Å². The Morgan fingerprint density at radius 2 is 1.70 bits per heavy atom. The van der Waals surface area contributed by atoms with Crippen LogP contribution in [0.4, 0.5) is 0 Å². The topological polar surface area (TPSA) is 121 Å². The molecule has 9 nitrogen and oxygen atoms in total. The van der Waals surface area contributed by atoms with Gasteiger partial charge in [-0.25, -0.2) is 14.3 Å². The molecule has 0 heterocycles. The summed E-state index contributed by atoms with van der Waals surface area (Å²) in [4.78, 5) is 4.08. The highest BCUT2D eigenvalue weighted by Crippen LogP contribution is 1.97. The van der Waals surface area contributed by atoms with Crippen LogP contribution in [0.1, 0.15) is 19.8 Å². The van der Waals surface area contributed by atoms with Gasteiger partial charge in [0.15, 0.2) is 0 Å². The molecule has 0 bridgehead atoms. The lowest BCUT2D eigenvalue weighted by Crippen LogP contribution is -2.24. The SMILES string of the molecule is CCCCOC(COCCOCCOS(=O)(=O)O)OO. The van der Waals surface area contributed by atoms with Gasteiger partial charge in [0.1, 0.15) is 6.61 Å². The van der Waals surface area contributed by atoms with Gasteiger partial charge in [-0.05, 0) is 6.42 Å². The van der Waals surface area contributed by atoms with E-state index in [0.717, 1.165) is 12.8 Å². The van der Waals surface area contributed by atoms with Gasteiger partial charge in [-0.2, -0.15) is 8.42 Å². The summed E-state index contributed by atoms with van der Waals surface area (Å²) in [5.41, 5.74) is 0. The van der Waals surface area contributed by atoms with Gasteiger partial charge in [-0.1, -0.05) is 13.3 Å². The molecule has 0 aromatic carbocycles. The van der Waals surface area contributed by atoms with Crippen LogP contribution in [0.15, 0.2) is 0 Å². The second kappa shape index (κ2) is 12.4. The minimum absolute atomic E-state index is 0.00389. The summed E-state index contributed by atoms with van der Waals surface area (Å²) in [5, 5.41) is 8.54. The van der Waals surface area contributed by atoms with Crippen molar-refractivity contribution in [2.75, 3.05) is 39.6 Å². The van der Waals surface area contributed by atoms with Crippen molar-refractivity contribution in [1.82, 2.24) is 0 Å². The smallest absolute Gasteiger partial charge is 0.377 e. The fourth-order valence-electron chi connectivity index (χ4n) is 1.07. The van der Waals surface area contributed by atoms with Crippen LogP contribution in [-0.2, 0) is 33.7 Å². The van der Waals surface area contributed by atoms with Crippen molar-refractivity contribution >= 4 is 10.4 Å². The van der Waals surface area contributed by atoms with Crippen molar-refractivity contribution < 1.29 is 41.5 Å². The molecule has 2 N–H and O–H groups in total. The summed E-state index contributed by atoms with van der Waals surface area (Å²) in [5.74, 6) is 0. The van der Waals surface area contributed by atoms with Gasteiger partial charge in [0, 0.05) is 6.61 Å². The summed E-state index contributed by atoms with van der Waals surface area (Å²) < 4.78 is 47.9. The highest BCUT2D eigenvalue weighted by Gasteiger charge is 2.09. The van der Waals surface area contributed by atoms with Crippen LogP contribution in [-0.4, -0.2) is 64.2 Å². The number of hydrogen-bond donors (Lipinski definition) is 2. The maximum absolute atomic E-state index is 10.2. The first-order chi connectivity index (χ1) is 9.49. The van der Waals surface area contributed by atoms with E-state index in [9.17, 15) is 8.42 Å². The summed E-state index contributed by atoms with van der Waals surface area (Å²) in [6.07, 6.45) is 0.985. The van der Waals surface area contributed by atoms with E-state index in [1.807, 2.05) is 6.92 Å². The van der Waals surface area contributed by atoms with E-state index >= 15 is 0 Å². The third-order valence-electron chi connectivity index (χ3n) is 2.01. The zero-order valence-electron chi connectivity index (χ0n) is 11.4. The van der Waals surface area contributed by atoms with Gasteiger partial charge < -0.3 is 14.2 Å². The Morgan fingerprint density at radius 3 is 2.30 bits per heavy atom. The molecule has 0 saturated heterocycles. The van der Waals surface area contributed by atoms with E-state index in [1.54, 1.807) is 0 Å². The third kappa shape index (κ3) is 14.1. The monoisotopic (exact) mass is 318 g/mol. The molecule has 122 valence electrons. The van der Waals surface area contributed by atoms with Crippen LogP contribution < -0.4 is 0 Å². The lowest BCUT2D eigenvalue weighted by atomic mass is 10.4. The predicted octanol–water partition coefficient (Wildman–Crippen LogP) is 0.471. The molecule has 0 saturated carbocycles.